The first-order chi connectivity index (χ1) is 16.0. The lowest BCUT2D eigenvalue weighted by molar-refractivity contribution is -0.136. The van der Waals surface area contributed by atoms with Gasteiger partial charge in [-0.3, -0.25) is 9.59 Å². The monoisotopic (exact) mass is 444 g/mol. The van der Waals surface area contributed by atoms with Crippen LogP contribution < -0.4 is 9.80 Å². The summed E-state index contributed by atoms with van der Waals surface area (Å²) in [7, 11) is 0. The van der Waals surface area contributed by atoms with Gasteiger partial charge < -0.3 is 19.3 Å². The van der Waals surface area contributed by atoms with Gasteiger partial charge in [0, 0.05) is 63.3 Å². The van der Waals surface area contributed by atoms with E-state index >= 15 is 0 Å². The van der Waals surface area contributed by atoms with Gasteiger partial charge in [0.2, 0.25) is 11.8 Å². The van der Waals surface area contributed by atoms with Crippen molar-refractivity contribution in [2.24, 2.45) is 5.92 Å². The van der Waals surface area contributed by atoms with E-state index in [-0.39, 0.29) is 24.2 Å². The molecule has 0 spiro atoms. The van der Waals surface area contributed by atoms with Gasteiger partial charge in [-0.15, -0.1) is 0 Å². The van der Waals surface area contributed by atoms with Gasteiger partial charge >= 0.3 is 0 Å². The van der Waals surface area contributed by atoms with E-state index in [0.717, 1.165) is 22.9 Å². The van der Waals surface area contributed by atoms with E-state index in [1.165, 1.54) is 5.56 Å². The molecular weight excluding hydrogens is 416 g/mol. The molecule has 3 aromatic rings. The van der Waals surface area contributed by atoms with Crippen molar-refractivity contribution in [1.29, 1.82) is 0 Å². The highest BCUT2D eigenvalue weighted by molar-refractivity contribution is 6.00. The molecular formula is C25H28N6O2. The summed E-state index contributed by atoms with van der Waals surface area (Å²) in [6, 6.07) is 11.9. The molecule has 170 valence electrons. The molecule has 33 heavy (non-hydrogen) atoms. The van der Waals surface area contributed by atoms with Crippen LogP contribution in [0.3, 0.4) is 0 Å². The summed E-state index contributed by atoms with van der Waals surface area (Å²) >= 11 is 0. The molecule has 2 aromatic heterocycles. The van der Waals surface area contributed by atoms with Crippen molar-refractivity contribution < 1.29 is 9.59 Å². The summed E-state index contributed by atoms with van der Waals surface area (Å²) in [5.41, 5.74) is 3.22. The smallest absolute Gasteiger partial charge is 0.228 e. The largest absolute Gasteiger partial charge is 0.353 e. The highest BCUT2D eigenvalue weighted by Gasteiger charge is 2.38. The molecule has 1 aromatic carbocycles. The third-order valence-corrected chi connectivity index (χ3v) is 6.70. The van der Waals surface area contributed by atoms with Crippen molar-refractivity contribution >= 4 is 23.3 Å². The number of piperazine rings is 1. The number of carbonyl (C=O) groups is 2. The number of hydrogen-bond acceptors (Lipinski definition) is 5. The zero-order valence-electron chi connectivity index (χ0n) is 19.0. The van der Waals surface area contributed by atoms with Gasteiger partial charge in [0.1, 0.15) is 18.0 Å². The van der Waals surface area contributed by atoms with Crippen LogP contribution in [0.2, 0.25) is 0 Å². The number of aryl methyl sites for hydroxylation is 2. The molecule has 0 radical (unpaired) electrons. The van der Waals surface area contributed by atoms with Crippen LogP contribution >= 0.6 is 0 Å². The molecule has 4 heterocycles. The first-order valence-corrected chi connectivity index (χ1v) is 11.4. The topological polar surface area (TPSA) is 74.6 Å². The van der Waals surface area contributed by atoms with Gasteiger partial charge in [0.15, 0.2) is 0 Å². The van der Waals surface area contributed by atoms with Crippen LogP contribution in [0.15, 0.2) is 55.1 Å². The number of rotatable bonds is 4. The number of nitrogens with zero attached hydrogens (tertiary/aromatic N) is 6. The molecule has 0 bridgehead atoms. The second-order valence-electron chi connectivity index (χ2n) is 8.81. The summed E-state index contributed by atoms with van der Waals surface area (Å²) < 4.78 is 1.95. The lowest BCUT2D eigenvalue weighted by Crippen LogP contribution is -2.51. The second-order valence-corrected chi connectivity index (χ2v) is 8.81. The molecule has 2 saturated heterocycles. The number of benzene rings is 1. The summed E-state index contributed by atoms with van der Waals surface area (Å²) in [6.45, 7) is 7.20. The molecule has 0 saturated carbocycles. The third kappa shape index (κ3) is 4.20. The van der Waals surface area contributed by atoms with E-state index in [0.29, 0.717) is 32.7 Å². The molecule has 0 aliphatic carbocycles. The predicted molar refractivity (Wildman–Crippen MR) is 127 cm³/mol. The minimum atomic E-state index is -0.287. The molecule has 8 heteroatoms. The van der Waals surface area contributed by atoms with Gasteiger partial charge in [-0.25, -0.2) is 9.97 Å². The highest BCUT2D eigenvalue weighted by atomic mass is 16.2. The minimum absolute atomic E-state index is 0.0220. The summed E-state index contributed by atoms with van der Waals surface area (Å²) in [6.07, 6.45) is 5.76. The fourth-order valence-corrected chi connectivity index (χ4v) is 4.57. The summed E-state index contributed by atoms with van der Waals surface area (Å²) in [5.74, 6) is 1.49. The molecule has 2 aliphatic rings. The Labute approximate surface area is 193 Å². The van der Waals surface area contributed by atoms with Crippen LogP contribution in [-0.4, -0.2) is 64.0 Å². The SMILES string of the molecule is Cc1ccc(N2CC(C(=O)N3CCN(c4cc(-n5cccc5)ncn4)CC3)CC2=O)cc1C. The fraction of sp³-hybridized carbons (Fsp3) is 0.360. The van der Waals surface area contributed by atoms with Gasteiger partial charge in [0.05, 0.1) is 5.92 Å². The normalized spacial score (nSPS) is 18.8. The van der Waals surface area contributed by atoms with Crippen LogP contribution in [-0.2, 0) is 9.59 Å². The summed E-state index contributed by atoms with van der Waals surface area (Å²) in [5, 5.41) is 0. The van der Waals surface area contributed by atoms with E-state index in [9.17, 15) is 9.59 Å². The maximum atomic E-state index is 13.2. The van der Waals surface area contributed by atoms with Crippen molar-refractivity contribution in [3.05, 3.63) is 66.2 Å². The van der Waals surface area contributed by atoms with Crippen LogP contribution in [0.5, 0.6) is 0 Å². The van der Waals surface area contributed by atoms with E-state index in [1.807, 2.05) is 65.2 Å². The van der Waals surface area contributed by atoms with Crippen molar-refractivity contribution in [1.82, 2.24) is 19.4 Å². The number of amides is 2. The molecule has 8 nitrogen and oxygen atoms in total. The second kappa shape index (κ2) is 8.69. The number of aromatic nitrogens is 3. The van der Waals surface area contributed by atoms with Gasteiger partial charge in [-0.1, -0.05) is 6.07 Å². The Balaban J connectivity index is 1.21. The minimum Gasteiger partial charge on any atom is -0.353 e. The molecule has 2 amide bonds. The van der Waals surface area contributed by atoms with Crippen molar-refractivity contribution in [3.8, 4) is 5.82 Å². The van der Waals surface area contributed by atoms with E-state index < -0.39 is 0 Å². The Morgan fingerprint density at radius 1 is 0.939 bits per heavy atom. The molecule has 1 unspecified atom stereocenters. The number of anilines is 2. The Hall–Kier alpha value is -3.68. The molecule has 5 rings (SSSR count). The Kier molecular flexibility index (Phi) is 5.58. The van der Waals surface area contributed by atoms with Crippen LogP contribution in [0, 0.1) is 19.8 Å². The average molecular weight is 445 g/mol. The first-order valence-electron chi connectivity index (χ1n) is 11.4. The molecule has 1 atom stereocenters. The zero-order valence-corrected chi connectivity index (χ0v) is 19.0. The van der Waals surface area contributed by atoms with Crippen LogP contribution in [0.25, 0.3) is 5.82 Å². The molecule has 2 aliphatic heterocycles. The molecule has 2 fully saturated rings. The Bertz CT molecular complexity index is 1170. The van der Waals surface area contributed by atoms with Gasteiger partial charge in [0.25, 0.3) is 0 Å². The third-order valence-electron chi connectivity index (χ3n) is 6.70. The predicted octanol–water partition coefficient (Wildman–Crippen LogP) is 2.59. The first kappa shape index (κ1) is 21.2. The average Bonchev–Trinajstić information content (AvgIpc) is 3.51. The van der Waals surface area contributed by atoms with Crippen molar-refractivity contribution in [2.45, 2.75) is 20.3 Å². The Morgan fingerprint density at radius 2 is 1.67 bits per heavy atom. The highest BCUT2D eigenvalue weighted by Crippen LogP contribution is 2.28. The lowest BCUT2D eigenvalue weighted by atomic mass is 10.1. The Morgan fingerprint density at radius 3 is 2.39 bits per heavy atom. The number of hydrogen-bond donors (Lipinski definition) is 0. The van der Waals surface area contributed by atoms with Crippen LogP contribution in [0.1, 0.15) is 17.5 Å². The zero-order chi connectivity index (χ0) is 22.9. The fourth-order valence-electron chi connectivity index (χ4n) is 4.57. The maximum absolute atomic E-state index is 13.2. The number of carbonyl (C=O) groups excluding carboxylic acids is 2. The van der Waals surface area contributed by atoms with Gasteiger partial charge in [-0.2, -0.15) is 0 Å². The van der Waals surface area contributed by atoms with Crippen LogP contribution in [0.4, 0.5) is 11.5 Å². The van der Waals surface area contributed by atoms with E-state index in [4.69, 9.17) is 0 Å². The lowest BCUT2D eigenvalue weighted by Gasteiger charge is -2.36. The van der Waals surface area contributed by atoms with Gasteiger partial charge in [-0.05, 0) is 49.2 Å². The van der Waals surface area contributed by atoms with E-state index in [2.05, 4.69) is 21.8 Å². The van der Waals surface area contributed by atoms with Crippen molar-refractivity contribution in [3.63, 3.8) is 0 Å². The molecule has 0 N–H and O–H groups in total. The summed E-state index contributed by atoms with van der Waals surface area (Å²) in [4.78, 5) is 40.5. The van der Waals surface area contributed by atoms with Crippen molar-refractivity contribution in [2.75, 3.05) is 42.5 Å². The van der Waals surface area contributed by atoms with E-state index in [1.54, 1.807) is 11.2 Å². The maximum Gasteiger partial charge on any atom is 0.228 e. The standard InChI is InChI=1S/C25H28N6O2/c1-18-5-6-21(13-19(18)2)31-16-20(14-24(31)32)25(33)30-11-9-29(10-12-30)23-15-22(26-17-27-23)28-7-3-4-8-28/h3-8,13,15,17,20H,9-12,14,16H2,1-2H3. The quantitative estimate of drug-likeness (QED) is 0.618.